The molecular formula is C16H11F6NO. The third kappa shape index (κ3) is 3.87. The van der Waals surface area contributed by atoms with Crippen LogP contribution < -0.4 is 5.32 Å². The summed E-state index contributed by atoms with van der Waals surface area (Å²) in [6.45, 7) is -0.861. The minimum Gasteiger partial charge on any atom is -0.349 e. The Balaban J connectivity index is 2.15. The molecule has 2 aromatic carbocycles. The van der Waals surface area contributed by atoms with Gasteiger partial charge < -0.3 is 5.32 Å². The predicted octanol–water partition coefficient (Wildman–Crippen LogP) is 4.42. The summed E-state index contributed by atoms with van der Waals surface area (Å²) in [6.07, 6.45) is -6.95. The summed E-state index contributed by atoms with van der Waals surface area (Å²) in [5.41, 5.74) is -2.77. The summed E-state index contributed by atoms with van der Waals surface area (Å²) in [7, 11) is 0. The molecule has 0 fully saturated rings. The second-order valence-electron chi connectivity index (χ2n) is 4.86. The molecule has 8 heteroatoms. The van der Waals surface area contributed by atoms with Gasteiger partial charge >= 0.3 is 6.18 Å². The van der Waals surface area contributed by atoms with E-state index in [0.29, 0.717) is 6.07 Å². The van der Waals surface area contributed by atoms with E-state index in [2.05, 4.69) is 0 Å². The number of benzene rings is 2. The zero-order valence-electron chi connectivity index (χ0n) is 12.0. The zero-order valence-corrected chi connectivity index (χ0v) is 12.0. The number of hydrogen-bond donors (Lipinski definition) is 1. The Morgan fingerprint density at radius 2 is 1.58 bits per heavy atom. The molecule has 1 atom stereocenters. The van der Waals surface area contributed by atoms with Gasteiger partial charge in [-0.2, -0.15) is 13.2 Å². The highest BCUT2D eigenvalue weighted by molar-refractivity contribution is 5.94. The maximum absolute atomic E-state index is 14.1. The number of carbonyl (C=O) groups is 1. The monoisotopic (exact) mass is 347 g/mol. The average Bonchev–Trinajstić information content (AvgIpc) is 2.51. The molecule has 2 nitrogen and oxygen atoms in total. The van der Waals surface area contributed by atoms with Gasteiger partial charge in [-0.05, 0) is 23.8 Å². The number of nitrogens with one attached hydrogen (secondary N) is 1. The summed E-state index contributed by atoms with van der Waals surface area (Å²) < 4.78 is 79.4. The van der Waals surface area contributed by atoms with Crippen LogP contribution in [0.2, 0.25) is 0 Å². The molecule has 0 unspecified atom stereocenters. The van der Waals surface area contributed by atoms with Gasteiger partial charge in [-0.25, -0.2) is 13.2 Å². The van der Waals surface area contributed by atoms with Crippen molar-refractivity contribution in [1.82, 2.24) is 5.32 Å². The van der Waals surface area contributed by atoms with Crippen LogP contribution in [0.3, 0.4) is 0 Å². The van der Waals surface area contributed by atoms with Crippen molar-refractivity contribution in [1.29, 1.82) is 0 Å². The zero-order chi connectivity index (χ0) is 17.9. The Hall–Kier alpha value is -2.51. The van der Waals surface area contributed by atoms with Crippen molar-refractivity contribution in [3.63, 3.8) is 0 Å². The predicted molar refractivity (Wildman–Crippen MR) is 74.0 cm³/mol. The molecule has 0 aliphatic heterocycles. The molecule has 0 radical (unpaired) electrons. The summed E-state index contributed by atoms with van der Waals surface area (Å²) in [4.78, 5) is 11.7. The van der Waals surface area contributed by atoms with E-state index in [0.717, 1.165) is 30.3 Å². The lowest BCUT2D eigenvalue weighted by Crippen LogP contribution is -2.29. The van der Waals surface area contributed by atoms with Crippen molar-refractivity contribution in [2.75, 3.05) is 6.54 Å². The number of halogens is 6. The van der Waals surface area contributed by atoms with Crippen molar-refractivity contribution in [3.05, 3.63) is 70.8 Å². The van der Waals surface area contributed by atoms with Crippen LogP contribution in [0.25, 0.3) is 0 Å². The Bertz CT molecular complexity index is 723. The number of amides is 1. The Morgan fingerprint density at radius 3 is 2.17 bits per heavy atom. The van der Waals surface area contributed by atoms with Crippen LogP contribution in [0.5, 0.6) is 0 Å². The van der Waals surface area contributed by atoms with Gasteiger partial charge in [0.2, 0.25) is 0 Å². The van der Waals surface area contributed by atoms with Gasteiger partial charge in [0.1, 0.15) is 23.4 Å². The van der Waals surface area contributed by atoms with E-state index in [1.165, 1.54) is 6.07 Å². The molecule has 2 aromatic rings. The fraction of sp³-hybridized carbons (Fsp3) is 0.188. The molecule has 2 rings (SSSR count). The molecule has 0 spiro atoms. The second-order valence-corrected chi connectivity index (χ2v) is 4.86. The normalized spacial score (nSPS) is 12.8. The van der Waals surface area contributed by atoms with Crippen molar-refractivity contribution in [3.8, 4) is 0 Å². The van der Waals surface area contributed by atoms with Gasteiger partial charge in [0, 0.05) is 0 Å². The Labute approximate surface area is 133 Å². The van der Waals surface area contributed by atoms with E-state index < -0.39 is 53.1 Å². The van der Waals surface area contributed by atoms with Gasteiger partial charge in [0.15, 0.2) is 0 Å². The lowest BCUT2D eigenvalue weighted by molar-refractivity contribution is -0.138. The summed E-state index contributed by atoms with van der Waals surface area (Å²) in [5.74, 6) is -3.56. The highest BCUT2D eigenvalue weighted by Crippen LogP contribution is 2.35. The van der Waals surface area contributed by atoms with Crippen molar-refractivity contribution >= 4 is 5.91 Å². The fourth-order valence-electron chi connectivity index (χ4n) is 2.12. The van der Waals surface area contributed by atoms with Crippen LogP contribution >= 0.6 is 0 Å². The van der Waals surface area contributed by atoms with Gasteiger partial charge in [-0.3, -0.25) is 4.79 Å². The molecule has 0 aliphatic rings. The summed E-state index contributed by atoms with van der Waals surface area (Å²) >= 11 is 0. The van der Waals surface area contributed by atoms with Crippen LogP contribution in [0.1, 0.15) is 27.7 Å². The maximum Gasteiger partial charge on any atom is 0.416 e. The van der Waals surface area contributed by atoms with E-state index in [1.54, 1.807) is 0 Å². The molecule has 0 bridgehead atoms. The number of carbonyl (C=O) groups excluding carboxylic acids is 1. The second kappa shape index (κ2) is 6.94. The van der Waals surface area contributed by atoms with E-state index in [4.69, 9.17) is 0 Å². The molecule has 128 valence electrons. The minimum atomic E-state index is -4.76. The first-order valence-corrected chi connectivity index (χ1v) is 6.74. The molecule has 0 aliphatic carbocycles. The fourth-order valence-corrected chi connectivity index (χ4v) is 2.12. The Kier molecular flexibility index (Phi) is 5.16. The largest absolute Gasteiger partial charge is 0.416 e. The first-order valence-electron chi connectivity index (χ1n) is 6.74. The number of hydrogen-bond acceptors (Lipinski definition) is 1. The van der Waals surface area contributed by atoms with Crippen molar-refractivity contribution in [2.45, 2.75) is 12.3 Å². The summed E-state index contributed by atoms with van der Waals surface area (Å²) in [6, 6.07) is 6.68. The molecule has 1 N–H and O–H groups in total. The van der Waals surface area contributed by atoms with E-state index in [1.807, 2.05) is 5.32 Å². The Morgan fingerprint density at radius 1 is 1.00 bits per heavy atom. The lowest BCUT2D eigenvalue weighted by Gasteiger charge is -2.16. The van der Waals surface area contributed by atoms with Gasteiger partial charge in [-0.15, -0.1) is 0 Å². The SMILES string of the molecule is O=C(NC[C@H](F)c1ccccc1C(F)(F)F)c1c(F)cccc1F. The van der Waals surface area contributed by atoms with Crippen molar-refractivity contribution in [2.24, 2.45) is 0 Å². The lowest BCUT2D eigenvalue weighted by atomic mass is 10.0. The van der Waals surface area contributed by atoms with Crippen LogP contribution in [0.15, 0.2) is 42.5 Å². The van der Waals surface area contributed by atoms with E-state index >= 15 is 0 Å². The van der Waals surface area contributed by atoms with Crippen LogP contribution in [-0.4, -0.2) is 12.5 Å². The maximum atomic E-state index is 14.1. The quantitative estimate of drug-likeness (QED) is 0.815. The van der Waals surface area contributed by atoms with E-state index in [9.17, 15) is 31.1 Å². The third-order valence-electron chi connectivity index (χ3n) is 3.24. The topological polar surface area (TPSA) is 29.1 Å². The molecule has 24 heavy (non-hydrogen) atoms. The third-order valence-corrected chi connectivity index (χ3v) is 3.24. The van der Waals surface area contributed by atoms with Crippen LogP contribution in [0, 0.1) is 11.6 Å². The molecule has 0 saturated heterocycles. The molecular weight excluding hydrogens is 336 g/mol. The molecule has 0 aromatic heterocycles. The first-order chi connectivity index (χ1) is 11.2. The van der Waals surface area contributed by atoms with Crippen molar-refractivity contribution < 1.29 is 31.1 Å². The molecule has 0 heterocycles. The summed E-state index contributed by atoms with van der Waals surface area (Å²) in [5, 5.41) is 1.90. The standard InChI is InChI=1S/C16H11F6NO/c17-11-6-3-7-12(18)14(11)15(24)23-8-13(19)9-4-1-2-5-10(9)16(20,21)22/h1-7,13H,8H2,(H,23,24)/t13-/m0/s1. The first kappa shape index (κ1) is 17.8. The number of rotatable bonds is 4. The highest BCUT2D eigenvalue weighted by Gasteiger charge is 2.35. The van der Waals surface area contributed by atoms with Crippen LogP contribution in [0.4, 0.5) is 26.3 Å². The minimum absolute atomic E-state index is 0.667. The van der Waals surface area contributed by atoms with E-state index in [-0.39, 0.29) is 0 Å². The van der Waals surface area contributed by atoms with Crippen LogP contribution in [-0.2, 0) is 6.18 Å². The molecule has 0 saturated carbocycles. The number of alkyl halides is 4. The van der Waals surface area contributed by atoms with Gasteiger partial charge in [0.25, 0.3) is 5.91 Å². The molecule has 1 amide bonds. The average molecular weight is 347 g/mol. The highest BCUT2D eigenvalue weighted by atomic mass is 19.4. The van der Waals surface area contributed by atoms with Gasteiger partial charge in [0.05, 0.1) is 12.1 Å². The smallest absolute Gasteiger partial charge is 0.349 e. The van der Waals surface area contributed by atoms with Gasteiger partial charge in [-0.1, -0.05) is 24.3 Å².